The van der Waals surface area contributed by atoms with Crippen molar-refractivity contribution in [2.75, 3.05) is 6.61 Å². The van der Waals surface area contributed by atoms with Crippen LogP contribution in [0, 0.1) is 5.92 Å². The molecule has 0 bridgehead atoms. The van der Waals surface area contributed by atoms with Gasteiger partial charge in [0.15, 0.2) is 6.10 Å². The molecule has 0 aliphatic heterocycles. The van der Waals surface area contributed by atoms with Gasteiger partial charge in [0.25, 0.3) is 0 Å². The summed E-state index contributed by atoms with van der Waals surface area (Å²) in [7, 11) is 0. The van der Waals surface area contributed by atoms with E-state index in [0.29, 0.717) is 15.6 Å². The van der Waals surface area contributed by atoms with Gasteiger partial charge >= 0.3 is 17.8 Å². The Hall–Kier alpha value is -2.61. The van der Waals surface area contributed by atoms with Crippen LogP contribution in [-0.4, -0.2) is 46.8 Å². The molecule has 1 amide bonds. The number of nitrogens with one attached hydrogen (secondary N) is 1. The number of aliphatic hydroxyl groups is 1. The van der Waals surface area contributed by atoms with Crippen molar-refractivity contribution in [2.45, 2.75) is 38.8 Å². The summed E-state index contributed by atoms with van der Waals surface area (Å²) in [6, 6.07) is 11.7. The summed E-state index contributed by atoms with van der Waals surface area (Å²) in [6.07, 6.45) is -1.66. The first-order chi connectivity index (χ1) is 15.1. The van der Waals surface area contributed by atoms with E-state index in [2.05, 4.69) is 5.32 Å². The summed E-state index contributed by atoms with van der Waals surface area (Å²) in [5.74, 6) is -3.67. The van der Waals surface area contributed by atoms with E-state index in [9.17, 15) is 19.5 Å². The van der Waals surface area contributed by atoms with Crippen LogP contribution in [-0.2, 0) is 25.5 Å². The van der Waals surface area contributed by atoms with E-state index in [1.54, 1.807) is 24.3 Å². The Bertz CT molecular complexity index is 979. The van der Waals surface area contributed by atoms with Gasteiger partial charge in [-0.05, 0) is 47.2 Å². The summed E-state index contributed by atoms with van der Waals surface area (Å²) < 4.78 is 5.01. The third kappa shape index (κ3) is 7.82. The van der Waals surface area contributed by atoms with Crippen LogP contribution >= 0.6 is 23.2 Å². The summed E-state index contributed by atoms with van der Waals surface area (Å²) >= 11 is 12.5. The number of aliphatic hydroxyl groups excluding tert-OH is 1. The molecule has 0 heterocycles. The van der Waals surface area contributed by atoms with Crippen LogP contribution in [0.2, 0.25) is 10.0 Å². The number of hydrogen-bond acceptors (Lipinski definition) is 5. The minimum absolute atomic E-state index is 0.0884. The lowest BCUT2D eigenvalue weighted by molar-refractivity contribution is -0.155. The quantitative estimate of drug-likeness (QED) is 0.371. The molecule has 0 spiro atoms. The van der Waals surface area contributed by atoms with Gasteiger partial charge in [-0.15, -0.1) is 0 Å². The number of ether oxygens (including phenoxy) is 1. The fourth-order valence-electron chi connectivity index (χ4n) is 2.98. The Morgan fingerprint density at radius 3 is 2.34 bits per heavy atom. The van der Waals surface area contributed by atoms with Crippen LogP contribution in [0.4, 0.5) is 0 Å². The summed E-state index contributed by atoms with van der Waals surface area (Å²) in [4.78, 5) is 34.7. The molecular formula is C23H25Cl2NO6. The van der Waals surface area contributed by atoms with E-state index >= 15 is 0 Å². The molecule has 2 aromatic carbocycles. The maximum Gasteiger partial charge on any atom is 0.394 e. The number of halogens is 2. The first-order valence-corrected chi connectivity index (χ1v) is 10.7. The number of aliphatic carboxylic acids is 1. The molecule has 2 aromatic rings. The number of esters is 1. The molecule has 0 aromatic heterocycles. The van der Waals surface area contributed by atoms with Gasteiger partial charge < -0.3 is 20.3 Å². The van der Waals surface area contributed by atoms with Gasteiger partial charge in [-0.3, -0.25) is 4.79 Å². The van der Waals surface area contributed by atoms with Gasteiger partial charge in [-0.2, -0.15) is 0 Å². The standard InChI is InChI=1S/C23H25Cl2NO6/c1-13(2)12-32-23(31)20(27)11-18(26-21(28)22(29)30)9-16-7-6-15(10-19(16)25)14-4-3-5-17(24)8-14/h3-8,10,13,18,20,27H,9,11-12H2,1-2H3,(H,26,28)(H,29,30)/t18-,20-/m1/s1. The van der Waals surface area contributed by atoms with Crippen LogP contribution in [0.3, 0.4) is 0 Å². The maximum atomic E-state index is 12.0. The minimum Gasteiger partial charge on any atom is -0.474 e. The van der Waals surface area contributed by atoms with E-state index in [1.807, 2.05) is 32.0 Å². The first-order valence-electron chi connectivity index (χ1n) is 9.99. The fourth-order valence-corrected chi connectivity index (χ4v) is 3.43. The second kappa shape index (κ2) is 11.9. The fraction of sp³-hybridized carbons (Fsp3) is 0.348. The second-order valence-electron chi connectivity index (χ2n) is 7.77. The zero-order chi connectivity index (χ0) is 23.8. The van der Waals surface area contributed by atoms with Crippen molar-refractivity contribution >= 4 is 41.0 Å². The van der Waals surface area contributed by atoms with Crippen LogP contribution < -0.4 is 5.32 Å². The number of amides is 1. The number of carbonyl (C=O) groups is 3. The van der Waals surface area contributed by atoms with Gasteiger partial charge in [-0.25, -0.2) is 9.59 Å². The van der Waals surface area contributed by atoms with Crippen molar-refractivity contribution in [3.05, 3.63) is 58.1 Å². The molecule has 172 valence electrons. The highest BCUT2D eigenvalue weighted by molar-refractivity contribution is 6.32. The van der Waals surface area contributed by atoms with E-state index < -0.39 is 30.0 Å². The molecule has 0 aliphatic carbocycles. The molecule has 0 aliphatic rings. The van der Waals surface area contributed by atoms with Gasteiger partial charge in [0.05, 0.1) is 6.61 Å². The summed E-state index contributed by atoms with van der Waals surface area (Å²) in [5.41, 5.74) is 2.30. The first kappa shape index (κ1) is 25.6. The van der Waals surface area contributed by atoms with Crippen LogP contribution in [0.15, 0.2) is 42.5 Å². The number of hydrogen-bond donors (Lipinski definition) is 3. The number of carbonyl (C=O) groups excluding carboxylic acids is 2. The zero-order valence-corrected chi connectivity index (χ0v) is 19.2. The Morgan fingerprint density at radius 1 is 1.06 bits per heavy atom. The molecule has 0 radical (unpaired) electrons. The van der Waals surface area contributed by atoms with E-state index in [0.717, 1.165) is 11.1 Å². The van der Waals surface area contributed by atoms with Gasteiger partial charge in [0, 0.05) is 22.5 Å². The topological polar surface area (TPSA) is 113 Å². The van der Waals surface area contributed by atoms with Crippen molar-refractivity contribution in [1.82, 2.24) is 5.32 Å². The Labute approximate surface area is 196 Å². The monoisotopic (exact) mass is 481 g/mol. The average molecular weight is 482 g/mol. The van der Waals surface area contributed by atoms with E-state index in [1.165, 1.54) is 0 Å². The zero-order valence-electron chi connectivity index (χ0n) is 17.7. The van der Waals surface area contributed by atoms with Crippen LogP contribution in [0.5, 0.6) is 0 Å². The number of rotatable bonds is 9. The van der Waals surface area contributed by atoms with E-state index in [4.69, 9.17) is 33.0 Å². The smallest absolute Gasteiger partial charge is 0.394 e. The van der Waals surface area contributed by atoms with Crippen LogP contribution in [0.25, 0.3) is 11.1 Å². The molecule has 0 saturated carbocycles. The predicted molar refractivity (Wildman–Crippen MR) is 122 cm³/mol. The van der Waals surface area contributed by atoms with Gasteiger partial charge in [-0.1, -0.05) is 61.3 Å². The molecule has 7 nitrogen and oxygen atoms in total. The van der Waals surface area contributed by atoms with Crippen molar-refractivity contribution in [3.8, 4) is 11.1 Å². The maximum absolute atomic E-state index is 12.0. The highest BCUT2D eigenvalue weighted by Gasteiger charge is 2.26. The lowest BCUT2D eigenvalue weighted by atomic mass is 9.97. The minimum atomic E-state index is -1.67. The Morgan fingerprint density at radius 2 is 1.75 bits per heavy atom. The normalized spacial score (nSPS) is 12.8. The molecular weight excluding hydrogens is 457 g/mol. The largest absolute Gasteiger partial charge is 0.474 e. The molecule has 3 N–H and O–H groups in total. The summed E-state index contributed by atoms with van der Waals surface area (Å²) in [5, 5.41) is 22.4. The molecule has 2 rings (SSSR count). The third-order valence-electron chi connectivity index (χ3n) is 4.55. The Kier molecular flexibility index (Phi) is 9.50. The van der Waals surface area contributed by atoms with Gasteiger partial charge in [0.2, 0.25) is 0 Å². The molecule has 0 fully saturated rings. The van der Waals surface area contributed by atoms with Crippen molar-refractivity contribution < 1.29 is 29.3 Å². The average Bonchev–Trinajstić information content (AvgIpc) is 2.73. The van der Waals surface area contributed by atoms with Crippen molar-refractivity contribution in [3.63, 3.8) is 0 Å². The highest BCUT2D eigenvalue weighted by atomic mass is 35.5. The molecule has 32 heavy (non-hydrogen) atoms. The molecule has 0 unspecified atom stereocenters. The third-order valence-corrected chi connectivity index (χ3v) is 5.13. The molecule has 9 heteroatoms. The number of benzene rings is 2. The highest BCUT2D eigenvalue weighted by Crippen LogP contribution is 2.28. The number of carboxylic acid groups (broad SMARTS) is 1. The van der Waals surface area contributed by atoms with E-state index in [-0.39, 0.29) is 25.4 Å². The Balaban J connectivity index is 2.18. The molecule has 0 saturated heterocycles. The predicted octanol–water partition coefficient (Wildman–Crippen LogP) is 3.72. The molecule has 2 atom stereocenters. The number of carboxylic acids is 1. The van der Waals surface area contributed by atoms with Crippen molar-refractivity contribution in [1.29, 1.82) is 0 Å². The van der Waals surface area contributed by atoms with Crippen LogP contribution in [0.1, 0.15) is 25.8 Å². The SMILES string of the molecule is CC(C)COC(=O)[C@H](O)C[C@@H](Cc1ccc(-c2cccc(Cl)c2)cc1Cl)NC(=O)C(=O)O. The summed E-state index contributed by atoms with van der Waals surface area (Å²) in [6.45, 7) is 3.84. The lowest BCUT2D eigenvalue weighted by Gasteiger charge is -2.21. The van der Waals surface area contributed by atoms with Crippen molar-refractivity contribution in [2.24, 2.45) is 5.92 Å². The van der Waals surface area contributed by atoms with Gasteiger partial charge in [0.1, 0.15) is 0 Å². The second-order valence-corrected chi connectivity index (χ2v) is 8.62. The lowest BCUT2D eigenvalue weighted by Crippen LogP contribution is -2.43.